The van der Waals surface area contributed by atoms with Crippen LogP contribution >= 0.6 is 0 Å². The van der Waals surface area contributed by atoms with E-state index in [0.717, 1.165) is 23.3 Å². The molecule has 1 saturated heterocycles. The van der Waals surface area contributed by atoms with Gasteiger partial charge in [-0.25, -0.2) is 9.18 Å². The third-order valence-electron chi connectivity index (χ3n) is 6.18. The molecule has 1 unspecified atom stereocenters. The molecule has 2 amide bonds. The van der Waals surface area contributed by atoms with Crippen molar-refractivity contribution in [3.05, 3.63) is 69.4 Å². The van der Waals surface area contributed by atoms with Crippen molar-refractivity contribution in [2.45, 2.75) is 31.9 Å². The molecule has 2 aromatic heterocycles. The number of hydrogen-bond acceptors (Lipinski definition) is 6. The molecule has 3 aromatic rings. The summed E-state index contributed by atoms with van der Waals surface area (Å²) in [6.45, 7) is 0.706. The molecule has 3 N–H and O–H groups in total. The average Bonchev–Trinajstić information content (AvgIpc) is 3.37. The van der Waals surface area contributed by atoms with Crippen LogP contribution in [0.1, 0.15) is 34.3 Å². The zero-order valence-corrected chi connectivity index (χ0v) is 19.7. The Balaban J connectivity index is 1.73. The van der Waals surface area contributed by atoms with E-state index in [-0.39, 0.29) is 42.6 Å². The molecule has 0 bridgehead atoms. The second-order valence-electron chi connectivity index (χ2n) is 8.74. The van der Waals surface area contributed by atoms with E-state index in [2.05, 4.69) is 10.3 Å². The molecule has 190 valence electrons. The van der Waals surface area contributed by atoms with Gasteiger partial charge in [-0.2, -0.15) is 0 Å². The second-order valence-corrected chi connectivity index (χ2v) is 8.74. The lowest BCUT2D eigenvalue weighted by Gasteiger charge is -2.18. The van der Waals surface area contributed by atoms with E-state index in [1.807, 2.05) is 0 Å². The quantitative estimate of drug-likeness (QED) is 0.434. The van der Waals surface area contributed by atoms with E-state index in [1.165, 1.54) is 29.9 Å². The maximum atomic E-state index is 13.4. The lowest BCUT2D eigenvalue weighted by Crippen LogP contribution is -2.38. The Morgan fingerprint density at radius 3 is 2.69 bits per heavy atom. The number of ether oxygens (including phenoxy) is 1. The number of aromatic nitrogens is 2. The Kier molecular flexibility index (Phi) is 7.49. The van der Waals surface area contributed by atoms with Gasteiger partial charge >= 0.3 is 6.09 Å². The van der Waals surface area contributed by atoms with Gasteiger partial charge in [0.15, 0.2) is 5.75 Å². The van der Waals surface area contributed by atoms with E-state index in [4.69, 9.17) is 4.74 Å². The molecule has 1 aliphatic rings. The number of carbonyl (C=O) groups excluding carboxylic acids is 1. The number of nitrogens with zero attached hydrogens (tertiary/aromatic N) is 3. The highest BCUT2D eigenvalue weighted by Crippen LogP contribution is 2.26. The van der Waals surface area contributed by atoms with Crippen molar-refractivity contribution in [1.82, 2.24) is 19.8 Å². The van der Waals surface area contributed by atoms with Crippen molar-refractivity contribution < 1.29 is 28.9 Å². The van der Waals surface area contributed by atoms with Crippen molar-refractivity contribution in [2.75, 3.05) is 26.7 Å². The molecule has 1 atom stereocenters. The minimum Gasteiger partial charge on any atom is -0.505 e. The minimum atomic E-state index is -1.17. The van der Waals surface area contributed by atoms with Crippen LogP contribution in [0.5, 0.6) is 5.75 Å². The summed E-state index contributed by atoms with van der Waals surface area (Å²) in [5.41, 5.74) is 0.570. The van der Waals surface area contributed by atoms with Crippen molar-refractivity contribution in [1.29, 1.82) is 0 Å². The molecule has 11 heteroatoms. The zero-order chi connectivity index (χ0) is 25.8. The summed E-state index contributed by atoms with van der Waals surface area (Å²) in [7, 11) is 1.36. The summed E-state index contributed by atoms with van der Waals surface area (Å²) < 4.78 is 20.0. The fourth-order valence-corrected chi connectivity index (χ4v) is 4.15. The first kappa shape index (κ1) is 25.1. The molecule has 1 fully saturated rings. The topological polar surface area (TPSA) is 134 Å². The Morgan fingerprint density at radius 2 is 2.03 bits per heavy atom. The van der Waals surface area contributed by atoms with Crippen molar-refractivity contribution in [3.8, 4) is 5.75 Å². The third-order valence-corrected chi connectivity index (χ3v) is 6.18. The van der Waals surface area contributed by atoms with Gasteiger partial charge in [0.05, 0.1) is 11.6 Å². The highest BCUT2D eigenvalue weighted by atomic mass is 19.1. The zero-order valence-electron chi connectivity index (χ0n) is 19.7. The van der Waals surface area contributed by atoms with Crippen LogP contribution in [0.4, 0.5) is 9.18 Å². The molecular formula is C25H27FN4O6. The molecule has 1 aliphatic heterocycles. The molecule has 0 radical (unpaired) electrons. The number of benzene rings is 1. The Labute approximate surface area is 205 Å². The first-order chi connectivity index (χ1) is 17.2. The predicted octanol–water partition coefficient (Wildman–Crippen LogP) is 2.35. The number of nitrogens with one attached hydrogen (secondary N) is 1. The number of carboxylic acid groups (broad SMARTS) is 1. The number of aromatic hydroxyl groups is 1. The number of pyridine rings is 2. The number of rotatable bonds is 8. The SMILES string of the molecule is CN(CCn1c(=O)c(C(=O)NCC2CCCO2)c(O)c2ncc(Cc3ccc(F)cc3)cc21)C(=O)O. The van der Waals surface area contributed by atoms with Gasteiger partial charge in [-0.05, 0) is 48.6 Å². The lowest BCUT2D eigenvalue weighted by atomic mass is 10.1. The number of likely N-dealkylation sites (N-methyl/N-ethyl adjacent to an activating group) is 1. The fraction of sp³-hybridized carbons (Fsp3) is 0.360. The Morgan fingerprint density at radius 1 is 1.28 bits per heavy atom. The van der Waals surface area contributed by atoms with Gasteiger partial charge in [-0.15, -0.1) is 0 Å². The average molecular weight is 499 g/mol. The van der Waals surface area contributed by atoms with Crippen LogP contribution in [0, 0.1) is 5.82 Å². The summed E-state index contributed by atoms with van der Waals surface area (Å²) in [6.07, 6.45) is 2.24. The highest BCUT2D eigenvalue weighted by Gasteiger charge is 2.25. The van der Waals surface area contributed by atoms with Gasteiger partial charge in [0, 0.05) is 39.5 Å². The summed E-state index contributed by atoms with van der Waals surface area (Å²) in [5, 5.41) is 22.7. The normalized spacial score (nSPS) is 15.2. The monoisotopic (exact) mass is 498 g/mol. The number of fused-ring (bicyclic) bond motifs is 1. The van der Waals surface area contributed by atoms with Gasteiger partial charge in [0.1, 0.15) is 16.9 Å². The van der Waals surface area contributed by atoms with Gasteiger partial charge in [0.25, 0.3) is 11.5 Å². The van der Waals surface area contributed by atoms with Crippen LogP contribution in [0.25, 0.3) is 11.0 Å². The van der Waals surface area contributed by atoms with Crippen LogP contribution in [-0.2, 0) is 17.7 Å². The van der Waals surface area contributed by atoms with Gasteiger partial charge in [-0.1, -0.05) is 12.1 Å². The van der Waals surface area contributed by atoms with Gasteiger partial charge < -0.3 is 29.7 Å². The Bertz CT molecular complexity index is 1340. The van der Waals surface area contributed by atoms with Crippen LogP contribution < -0.4 is 10.9 Å². The molecular weight excluding hydrogens is 471 g/mol. The standard InChI is InChI=1S/C25H27FN4O6/c1-29(25(34)35)8-9-30-19-12-16(11-15-4-6-17(26)7-5-15)13-27-21(19)22(31)20(24(30)33)23(32)28-14-18-3-2-10-36-18/h4-7,12-13,18,31H,2-3,8-11,14H2,1H3,(H,28,32)(H,34,35). The maximum absolute atomic E-state index is 13.4. The van der Waals surface area contributed by atoms with Crippen LogP contribution in [0.15, 0.2) is 41.3 Å². The summed E-state index contributed by atoms with van der Waals surface area (Å²) in [6, 6.07) is 7.60. The third kappa shape index (κ3) is 5.46. The molecule has 10 nitrogen and oxygen atoms in total. The van der Waals surface area contributed by atoms with Crippen LogP contribution in [0.2, 0.25) is 0 Å². The van der Waals surface area contributed by atoms with Crippen LogP contribution in [0.3, 0.4) is 0 Å². The lowest BCUT2D eigenvalue weighted by molar-refractivity contribution is 0.0853. The predicted molar refractivity (Wildman–Crippen MR) is 129 cm³/mol. The van der Waals surface area contributed by atoms with E-state index in [9.17, 15) is 29.0 Å². The first-order valence-electron chi connectivity index (χ1n) is 11.6. The van der Waals surface area contributed by atoms with Crippen molar-refractivity contribution in [2.24, 2.45) is 0 Å². The summed E-state index contributed by atoms with van der Waals surface area (Å²) in [4.78, 5) is 42.9. The molecule has 0 saturated carbocycles. The molecule has 36 heavy (non-hydrogen) atoms. The van der Waals surface area contributed by atoms with Crippen LogP contribution in [-0.4, -0.2) is 69.5 Å². The highest BCUT2D eigenvalue weighted by molar-refractivity contribution is 6.01. The van der Waals surface area contributed by atoms with E-state index in [0.29, 0.717) is 18.6 Å². The fourth-order valence-electron chi connectivity index (χ4n) is 4.15. The number of hydrogen-bond donors (Lipinski definition) is 3. The second kappa shape index (κ2) is 10.7. The summed E-state index contributed by atoms with van der Waals surface area (Å²) >= 11 is 0. The molecule has 4 rings (SSSR count). The van der Waals surface area contributed by atoms with Gasteiger partial charge in [-0.3, -0.25) is 14.6 Å². The maximum Gasteiger partial charge on any atom is 0.407 e. The Hall–Kier alpha value is -3.99. The molecule has 1 aromatic carbocycles. The summed E-state index contributed by atoms with van der Waals surface area (Å²) in [5.74, 6) is -1.66. The smallest absolute Gasteiger partial charge is 0.407 e. The van der Waals surface area contributed by atoms with E-state index >= 15 is 0 Å². The molecule has 3 heterocycles. The van der Waals surface area contributed by atoms with Crippen molar-refractivity contribution >= 4 is 23.0 Å². The van der Waals surface area contributed by atoms with Crippen molar-refractivity contribution in [3.63, 3.8) is 0 Å². The van der Waals surface area contributed by atoms with E-state index in [1.54, 1.807) is 18.2 Å². The minimum absolute atomic E-state index is 0.0335. The first-order valence-corrected chi connectivity index (χ1v) is 11.6. The van der Waals surface area contributed by atoms with Gasteiger partial charge in [0.2, 0.25) is 0 Å². The number of halogens is 1. The molecule has 0 aliphatic carbocycles. The largest absolute Gasteiger partial charge is 0.505 e. The number of carbonyl (C=O) groups is 2. The number of amides is 2. The molecule has 0 spiro atoms. The van der Waals surface area contributed by atoms with E-state index < -0.39 is 28.9 Å².